The minimum Gasteiger partial charge on any atom is -0.486 e. The van der Waals surface area contributed by atoms with Gasteiger partial charge in [-0.05, 0) is 17.7 Å². The lowest BCUT2D eigenvalue weighted by Crippen LogP contribution is -2.35. The summed E-state index contributed by atoms with van der Waals surface area (Å²) in [4.78, 5) is 19.2. The van der Waals surface area contributed by atoms with Crippen LogP contribution < -0.4 is 14.8 Å². The van der Waals surface area contributed by atoms with Crippen molar-refractivity contribution in [1.29, 1.82) is 0 Å². The highest BCUT2D eigenvalue weighted by atomic mass is 35.5. The zero-order chi connectivity index (χ0) is 18.6. The SMILES string of the molecule is O=C(Cc1cc(Cl)c2c(c1)OCCO2)Nc1nc(CN2CCOCC2)cs1. The summed E-state index contributed by atoms with van der Waals surface area (Å²) in [6.07, 6.45) is 0.189. The van der Waals surface area contributed by atoms with Crippen LogP contribution in [0.15, 0.2) is 17.5 Å². The van der Waals surface area contributed by atoms with E-state index in [-0.39, 0.29) is 12.3 Å². The number of nitrogens with zero attached hydrogens (tertiary/aromatic N) is 2. The van der Waals surface area contributed by atoms with Gasteiger partial charge in [0.1, 0.15) is 13.2 Å². The summed E-state index contributed by atoms with van der Waals surface area (Å²) in [5, 5.41) is 5.90. The van der Waals surface area contributed by atoms with E-state index in [1.165, 1.54) is 11.3 Å². The van der Waals surface area contributed by atoms with Crippen LogP contribution in [-0.2, 0) is 22.5 Å². The molecule has 1 N–H and O–H groups in total. The molecule has 27 heavy (non-hydrogen) atoms. The predicted octanol–water partition coefficient (Wildman–Crippen LogP) is 2.58. The fraction of sp³-hybridized carbons (Fsp3) is 0.444. The number of aromatic nitrogens is 1. The van der Waals surface area contributed by atoms with E-state index in [0.717, 1.165) is 44.1 Å². The second-order valence-electron chi connectivity index (χ2n) is 6.36. The number of morpholine rings is 1. The molecule has 1 saturated heterocycles. The molecular formula is C18H20ClN3O4S. The topological polar surface area (TPSA) is 72.9 Å². The number of nitrogens with one attached hydrogen (secondary N) is 1. The van der Waals surface area contributed by atoms with Crippen molar-refractivity contribution in [2.24, 2.45) is 0 Å². The Morgan fingerprint density at radius 1 is 1.22 bits per heavy atom. The summed E-state index contributed by atoms with van der Waals surface area (Å²) < 4.78 is 16.4. The van der Waals surface area contributed by atoms with E-state index < -0.39 is 0 Å². The average molecular weight is 410 g/mol. The molecule has 1 fully saturated rings. The van der Waals surface area contributed by atoms with Crippen molar-refractivity contribution in [1.82, 2.24) is 9.88 Å². The third kappa shape index (κ3) is 4.70. The minimum absolute atomic E-state index is 0.144. The summed E-state index contributed by atoms with van der Waals surface area (Å²) in [5.41, 5.74) is 1.73. The number of fused-ring (bicyclic) bond motifs is 1. The molecule has 1 aromatic heterocycles. The maximum atomic E-state index is 12.4. The summed E-state index contributed by atoms with van der Waals surface area (Å²) in [5.74, 6) is 0.980. The first-order chi connectivity index (χ1) is 13.2. The van der Waals surface area contributed by atoms with E-state index in [4.69, 9.17) is 25.8 Å². The molecule has 4 rings (SSSR count). The Labute approximate surface area is 166 Å². The second-order valence-corrected chi connectivity index (χ2v) is 7.62. The second kappa shape index (κ2) is 8.43. The molecule has 7 nitrogen and oxygen atoms in total. The molecule has 0 radical (unpaired) electrons. The molecule has 1 aromatic carbocycles. The number of rotatable bonds is 5. The van der Waals surface area contributed by atoms with Gasteiger partial charge < -0.3 is 19.5 Å². The van der Waals surface area contributed by atoms with Crippen LogP contribution in [0.2, 0.25) is 5.02 Å². The lowest BCUT2D eigenvalue weighted by atomic mass is 10.1. The van der Waals surface area contributed by atoms with Gasteiger partial charge in [0.25, 0.3) is 0 Å². The molecule has 0 spiro atoms. The van der Waals surface area contributed by atoms with Crippen LogP contribution in [0.3, 0.4) is 0 Å². The molecular weight excluding hydrogens is 390 g/mol. The van der Waals surface area contributed by atoms with Crippen molar-refractivity contribution in [3.8, 4) is 11.5 Å². The van der Waals surface area contributed by atoms with Crippen molar-refractivity contribution in [3.05, 3.63) is 33.8 Å². The number of benzene rings is 1. The van der Waals surface area contributed by atoms with Gasteiger partial charge in [0, 0.05) is 25.0 Å². The van der Waals surface area contributed by atoms with Crippen molar-refractivity contribution >= 4 is 34.0 Å². The van der Waals surface area contributed by atoms with Gasteiger partial charge in [-0.3, -0.25) is 9.69 Å². The zero-order valence-electron chi connectivity index (χ0n) is 14.7. The summed E-state index contributed by atoms with van der Waals surface area (Å²) in [6.45, 7) is 5.05. The Morgan fingerprint density at radius 2 is 2.04 bits per heavy atom. The third-order valence-electron chi connectivity index (χ3n) is 4.31. The largest absolute Gasteiger partial charge is 0.486 e. The highest BCUT2D eigenvalue weighted by Crippen LogP contribution is 2.38. The van der Waals surface area contributed by atoms with Crippen LogP contribution in [0.5, 0.6) is 11.5 Å². The summed E-state index contributed by atoms with van der Waals surface area (Å²) in [6, 6.07) is 3.53. The van der Waals surface area contributed by atoms with Gasteiger partial charge in [-0.1, -0.05) is 11.6 Å². The van der Waals surface area contributed by atoms with Crippen LogP contribution in [0.25, 0.3) is 0 Å². The Kier molecular flexibility index (Phi) is 5.77. The predicted molar refractivity (Wildman–Crippen MR) is 103 cm³/mol. The normalized spacial score (nSPS) is 16.9. The minimum atomic E-state index is -0.144. The molecule has 2 aromatic rings. The van der Waals surface area contributed by atoms with Gasteiger partial charge >= 0.3 is 0 Å². The number of anilines is 1. The summed E-state index contributed by atoms with van der Waals surface area (Å²) >= 11 is 7.66. The van der Waals surface area contributed by atoms with Crippen LogP contribution in [0.1, 0.15) is 11.3 Å². The molecule has 3 heterocycles. The van der Waals surface area contributed by atoms with Crippen LogP contribution in [0, 0.1) is 0 Å². The van der Waals surface area contributed by atoms with Gasteiger partial charge in [0.2, 0.25) is 5.91 Å². The number of hydrogen-bond donors (Lipinski definition) is 1. The van der Waals surface area contributed by atoms with Gasteiger partial charge in [0.05, 0.1) is 30.4 Å². The van der Waals surface area contributed by atoms with E-state index >= 15 is 0 Å². The number of carbonyl (C=O) groups excluding carboxylic acids is 1. The fourth-order valence-electron chi connectivity index (χ4n) is 3.04. The van der Waals surface area contributed by atoms with E-state index in [9.17, 15) is 4.79 Å². The number of halogens is 1. The lowest BCUT2D eigenvalue weighted by Gasteiger charge is -2.25. The summed E-state index contributed by atoms with van der Waals surface area (Å²) in [7, 11) is 0. The molecule has 2 aliphatic heterocycles. The lowest BCUT2D eigenvalue weighted by molar-refractivity contribution is -0.115. The molecule has 9 heteroatoms. The first kappa shape index (κ1) is 18.5. The van der Waals surface area contributed by atoms with Crippen LogP contribution >= 0.6 is 22.9 Å². The maximum absolute atomic E-state index is 12.4. The average Bonchev–Trinajstić information content (AvgIpc) is 3.09. The zero-order valence-corrected chi connectivity index (χ0v) is 16.3. The van der Waals surface area contributed by atoms with Gasteiger partial charge in [0.15, 0.2) is 16.6 Å². The van der Waals surface area contributed by atoms with Gasteiger partial charge in [-0.25, -0.2) is 4.98 Å². The highest BCUT2D eigenvalue weighted by molar-refractivity contribution is 7.13. The molecule has 144 valence electrons. The monoisotopic (exact) mass is 409 g/mol. The smallest absolute Gasteiger partial charge is 0.230 e. The number of thiazole rings is 1. The van der Waals surface area contributed by atoms with Crippen LogP contribution in [-0.4, -0.2) is 55.3 Å². The van der Waals surface area contributed by atoms with E-state index in [2.05, 4.69) is 15.2 Å². The molecule has 0 saturated carbocycles. The Hall–Kier alpha value is -1.87. The van der Waals surface area contributed by atoms with Crippen molar-refractivity contribution in [2.75, 3.05) is 44.8 Å². The Morgan fingerprint density at radius 3 is 2.89 bits per heavy atom. The Balaban J connectivity index is 1.35. The highest BCUT2D eigenvalue weighted by Gasteiger charge is 2.18. The maximum Gasteiger partial charge on any atom is 0.230 e. The molecule has 2 aliphatic rings. The van der Waals surface area contributed by atoms with E-state index in [0.29, 0.717) is 34.9 Å². The quantitative estimate of drug-likeness (QED) is 0.818. The van der Waals surface area contributed by atoms with Crippen molar-refractivity contribution in [2.45, 2.75) is 13.0 Å². The number of carbonyl (C=O) groups is 1. The van der Waals surface area contributed by atoms with E-state index in [1.54, 1.807) is 12.1 Å². The first-order valence-corrected chi connectivity index (χ1v) is 10.1. The van der Waals surface area contributed by atoms with Crippen LogP contribution in [0.4, 0.5) is 5.13 Å². The number of amides is 1. The Bertz CT molecular complexity index is 823. The number of ether oxygens (including phenoxy) is 3. The molecule has 0 unspecified atom stereocenters. The number of hydrogen-bond acceptors (Lipinski definition) is 7. The van der Waals surface area contributed by atoms with Crippen molar-refractivity contribution in [3.63, 3.8) is 0 Å². The molecule has 0 bridgehead atoms. The molecule has 0 aliphatic carbocycles. The molecule has 1 amide bonds. The van der Waals surface area contributed by atoms with Gasteiger partial charge in [-0.2, -0.15) is 0 Å². The fourth-order valence-corrected chi connectivity index (χ4v) is 4.05. The standard InChI is InChI=1S/C18H20ClN3O4S/c19-14-7-12(8-15-17(14)26-6-5-25-15)9-16(23)21-18-20-13(11-27-18)10-22-1-3-24-4-2-22/h7-8,11H,1-6,9-10H2,(H,20,21,23). The van der Waals surface area contributed by atoms with Crippen molar-refractivity contribution < 1.29 is 19.0 Å². The van der Waals surface area contributed by atoms with Gasteiger partial charge in [-0.15, -0.1) is 11.3 Å². The van der Waals surface area contributed by atoms with E-state index in [1.807, 2.05) is 5.38 Å². The first-order valence-electron chi connectivity index (χ1n) is 8.80. The third-order valence-corrected chi connectivity index (χ3v) is 5.40. The molecule has 0 atom stereocenters.